The molecule has 0 bridgehead atoms. The van der Waals surface area contributed by atoms with Crippen LogP contribution < -0.4 is 5.73 Å². The summed E-state index contributed by atoms with van der Waals surface area (Å²) >= 11 is 0. The molecule has 0 amide bonds. The molecule has 1 heterocycles. The summed E-state index contributed by atoms with van der Waals surface area (Å²) in [6, 6.07) is 0.196. The van der Waals surface area contributed by atoms with E-state index in [4.69, 9.17) is 5.73 Å². The monoisotopic (exact) mass is 288 g/mol. The number of hydrogen-bond donors (Lipinski definition) is 1. The van der Waals surface area contributed by atoms with Crippen LogP contribution in [0.5, 0.6) is 0 Å². The van der Waals surface area contributed by atoms with Gasteiger partial charge in [0.1, 0.15) is 0 Å². The van der Waals surface area contributed by atoms with E-state index in [-0.39, 0.29) is 17.2 Å². The van der Waals surface area contributed by atoms with E-state index in [9.17, 15) is 8.42 Å². The molecule has 2 rings (SSSR count). The van der Waals surface area contributed by atoms with Crippen molar-refractivity contribution in [1.82, 2.24) is 4.31 Å². The molecule has 19 heavy (non-hydrogen) atoms. The van der Waals surface area contributed by atoms with Crippen molar-refractivity contribution in [3.05, 3.63) is 0 Å². The zero-order valence-electron chi connectivity index (χ0n) is 12.4. The summed E-state index contributed by atoms with van der Waals surface area (Å²) in [7, 11) is -3.10. The largest absolute Gasteiger partial charge is 0.327 e. The molecule has 2 N–H and O–H groups in total. The van der Waals surface area contributed by atoms with Gasteiger partial charge in [0.05, 0.1) is 5.75 Å². The molecule has 3 atom stereocenters. The first-order chi connectivity index (χ1) is 8.69. The smallest absolute Gasteiger partial charge is 0.214 e. The highest BCUT2D eigenvalue weighted by atomic mass is 32.2. The quantitative estimate of drug-likeness (QED) is 0.861. The van der Waals surface area contributed by atoms with E-state index >= 15 is 0 Å². The van der Waals surface area contributed by atoms with Gasteiger partial charge in [-0.1, -0.05) is 27.2 Å². The van der Waals surface area contributed by atoms with Gasteiger partial charge in [0, 0.05) is 19.1 Å². The second-order valence-electron chi connectivity index (χ2n) is 7.46. The summed E-state index contributed by atoms with van der Waals surface area (Å²) in [5, 5.41) is 0. The second kappa shape index (κ2) is 5.34. The van der Waals surface area contributed by atoms with E-state index < -0.39 is 10.0 Å². The Hall–Kier alpha value is -0.130. The SMILES string of the molecule is CC(C)(C)CCS(=O)(=O)N1CC2CCCC(N)C2C1. The molecule has 0 aromatic heterocycles. The van der Waals surface area contributed by atoms with Crippen LogP contribution in [0, 0.1) is 17.3 Å². The standard InChI is InChI=1S/C14H28N2O2S/c1-14(2,3)7-8-19(17,18)16-9-11-5-4-6-13(15)12(11)10-16/h11-13H,4-10,15H2,1-3H3. The molecule has 2 fully saturated rings. The van der Waals surface area contributed by atoms with Gasteiger partial charge in [-0.2, -0.15) is 0 Å². The van der Waals surface area contributed by atoms with E-state index in [1.165, 1.54) is 0 Å². The van der Waals surface area contributed by atoms with Crippen molar-refractivity contribution in [2.24, 2.45) is 23.0 Å². The van der Waals surface area contributed by atoms with Gasteiger partial charge in [-0.3, -0.25) is 0 Å². The number of nitrogens with two attached hydrogens (primary N) is 1. The molecule has 0 radical (unpaired) electrons. The second-order valence-corrected chi connectivity index (χ2v) is 9.55. The Labute approximate surface area is 117 Å². The topological polar surface area (TPSA) is 63.4 Å². The van der Waals surface area contributed by atoms with Crippen molar-refractivity contribution >= 4 is 10.0 Å². The number of nitrogens with zero attached hydrogens (tertiary/aromatic N) is 1. The molecule has 2 aliphatic rings. The molecular formula is C14H28N2O2S. The summed E-state index contributed by atoms with van der Waals surface area (Å²) in [6.45, 7) is 7.61. The van der Waals surface area contributed by atoms with Gasteiger partial charge >= 0.3 is 0 Å². The van der Waals surface area contributed by atoms with Crippen LogP contribution in [0.1, 0.15) is 46.5 Å². The Morgan fingerprint density at radius 2 is 1.89 bits per heavy atom. The van der Waals surface area contributed by atoms with E-state index in [1.807, 2.05) is 0 Å². The highest BCUT2D eigenvalue weighted by molar-refractivity contribution is 7.89. The first-order valence-corrected chi connectivity index (χ1v) is 9.03. The molecule has 4 nitrogen and oxygen atoms in total. The van der Waals surface area contributed by atoms with E-state index in [0.29, 0.717) is 31.3 Å². The number of fused-ring (bicyclic) bond motifs is 1. The first kappa shape index (κ1) is 15.3. The van der Waals surface area contributed by atoms with E-state index in [0.717, 1.165) is 19.3 Å². The van der Waals surface area contributed by atoms with Crippen LogP contribution in [0.25, 0.3) is 0 Å². The van der Waals surface area contributed by atoms with Crippen molar-refractivity contribution in [2.45, 2.75) is 52.5 Å². The average molecular weight is 288 g/mol. The predicted molar refractivity (Wildman–Crippen MR) is 78.2 cm³/mol. The Bertz CT molecular complexity index is 414. The molecule has 5 heteroatoms. The summed E-state index contributed by atoms with van der Waals surface area (Å²) in [5.41, 5.74) is 6.21. The van der Waals surface area contributed by atoms with Crippen LogP contribution in [-0.4, -0.2) is 37.6 Å². The van der Waals surface area contributed by atoms with Gasteiger partial charge in [0.25, 0.3) is 0 Å². The minimum Gasteiger partial charge on any atom is -0.327 e. The predicted octanol–water partition coefficient (Wildman–Crippen LogP) is 1.81. The molecule has 1 saturated carbocycles. The van der Waals surface area contributed by atoms with Crippen molar-refractivity contribution in [3.63, 3.8) is 0 Å². The third-order valence-corrected chi connectivity index (χ3v) is 6.43. The maximum Gasteiger partial charge on any atom is 0.214 e. The third kappa shape index (κ3) is 3.70. The first-order valence-electron chi connectivity index (χ1n) is 7.42. The lowest BCUT2D eigenvalue weighted by molar-refractivity contribution is 0.260. The highest BCUT2D eigenvalue weighted by Gasteiger charge is 2.42. The number of sulfonamides is 1. The maximum absolute atomic E-state index is 12.4. The highest BCUT2D eigenvalue weighted by Crippen LogP contribution is 2.37. The minimum absolute atomic E-state index is 0.0654. The minimum atomic E-state index is -3.10. The van der Waals surface area contributed by atoms with Gasteiger partial charge in [-0.25, -0.2) is 12.7 Å². The molecule has 0 spiro atoms. The molecule has 112 valence electrons. The number of rotatable bonds is 3. The van der Waals surface area contributed by atoms with Crippen LogP contribution in [0.4, 0.5) is 0 Å². The lowest BCUT2D eigenvalue weighted by Crippen LogP contribution is -2.38. The summed E-state index contributed by atoms with van der Waals surface area (Å²) in [5.74, 6) is 1.15. The van der Waals surface area contributed by atoms with Crippen LogP contribution in [0.15, 0.2) is 0 Å². The van der Waals surface area contributed by atoms with Crippen LogP contribution in [-0.2, 0) is 10.0 Å². The van der Waals surface area contributed by atoms with Gasteiger partial charge in [0.15, 0.2) is 0 Å². The third-order valence-electron chi connectivity index (χ3n) is 4.62. The van der Waals surface area contributed by atoms with Crippen molar-refractivity contribution in [1.29, 1.82) is 0 Å². The molecule has 0 aromatic rings. The molecule has 1 aliphatic heterocycles. The Morgan fingerprint density at radius 1 is 1.21 bits per heavy atom. The molecular weight excluding hydrogens is 260 g/mol. The Balaban J connectivity index is 1.99. The summed E-state index contributed by atoms with van der Waals surface area (Å²) < 4.78 is 26.5. The molecule has 1 saturated heterocycles. The zero-order valence-corrected chi connectivity index (χ0v) is 13.2. The normalized spacial score (nSPS) is 33.4. The maximum atomic E-state index is 12.4. The average Bonchev–Trinajstić information content (AvgIpc) is 2.72. The molecule has 1 aliphatic carbocycles. The van der Waals surface area contributed by atoms with Crippen molar-refractivity contribution in [2.75, 3.05) is 18.8 Å². The Morgan fingerprint density at radius 3 is 2.47 bits per heavy atom. The zero-order chi connectivity index (χ0) is 14.3. The van der Waals surface area contributed by atoms with E-state index in [2.05, 4.69) is 20.8 Å². The van der Waals surface area contributed by atoms with E-state index in [1.54, 1.807) is 4.31 Å². The molecule has 3 unspecified atom stereocenters. The van der Waals surface area contributed by atoms with Crippen molar-refractivity contribution in [3.8, 4) is 0 Å². The van der Waals surface area contributed by atoms with Crippen LogP contribution in [0.3, 0.4) is 0 Å². The lowest BCUT2D eigenvalue weighted by atomic mass is 9.78. The molecule has 0 aromatic carbocycles. The van der Waals surface area contributed by atoms with Crippen LogP contribution >= 0.6 is 0 Å². The Kier molecular flexibility index (Phi) is 4.29. The summed E-state index contributed by atoms with van der Waals surface area (Å²) in [4.78, 5) is 0. The summed E-state index contributed by atoms with van der Waals surface area (Å²) in [6.07, 6.45) is 4.06. The fraction of sp³-hybridized carbons (Fsp3) is 1.00. The van der Waals surface area contributed by atoms with Gasteiger partial charge < -0.3 is 5.73 Å². The van der Waals surface area contributed by atoms with Crippen molar-refractivity contribution < 1.29 is 8.42 Å². The fourth-order valence-electron chi connectivity index (χ4n) is 3.27. The van der Waals surface area contributed by atoms with Crippen LogP contribution in [0.2, 0.25) is 0 Å². The van der Waals surface area contributed by atoms with Gasteiger partial charge in [-0.05, 0) is 36.5 Å². The number of hydrogen-bond acceptors (Lipinski definition) is 3. The van der Waals surface area contributed by atoms with Gasteiger partial charge in [0.2, 0.25) is 10.0 Å². The van der Waals surface area contributed by atoms with Gasteiger partial charge in [-0.15, -0.1) is 0 Å². The fourth-order valence-corrected chi connectivity index (χ4v) is 5.21. The lowest BCUT2D eigenvalue weighted by Gasteiger charge is -2.29.